The molecule has 0 N–H and O–H groups in total. The largest absolute Gasteiger partial charge is 0.288 e. The highest BCUT2D eigenvalue weighted by molar-refractivity contribution is 7.97. The first-order chi connectivity index (χ1) is 13.8. The van der Waals surface area contributed by atoms with Crippen LogP contribution in [0.2, 0.25) is 0 Å². The number of hydrogen-bond acceptors (Lipinski definition) is 3. The van der Waals surface area contributed by atoms with Crippen LogP contribution in [0.25, 0.3) is 5.69 Å². The zero-order valence-corrected chi connectivity index (χ0v) is 17.0. The molecule has 29 heavy (non-hydrogen) atoms. The molecule has 2 aliphatic heterocycles. The van der Waals surface area contributed by atoms with Gasteiger partial charge in [0.15, 0.2) is 11.9 Å². The first kappa shape index (κ1) is 18.0. The maximum atomic E-state index is 12.8. The summed E-state index contributed by atoms with van der Waals surface area (Å²) in [5.41, 5.74) is 4.67. The Morgan fingerprint density at radius 1 is 1.00 bits per heavy atom. The van der Waals surface area contributed by atoms with E-state index in [2.05, 4.69) is 36.6 Å². The number of pyridine rings is 1. The van der Waals surface area contributed by atoms with Gasteiger partial charge in [-0.05, 0) is 38.0 Å². The van der Waals surface area contributed by atoms with E-state index in [4.69, 9.17) is 0 Å². The highest BCUT2D eigenvalue weighted by Crippen LogP contribution is 2.38. The molecule has 2 aromatic carbocycles. The van der Waals surface area contributed by atoms with Crippen molar-refractivity contribution >= 4 is 15.6 Å². The van der Waals surface area contributed by atoms with E-state index in [1.54, 1.807) is 24.3 Å². The molecule has 0 spiro atoms. The number of allylic oxidation sites excluding steroid dienone is 2. The minimum absolute atomic E-state index is 0.109. The van der Waals surface area contributed by atoms with Gasteiger partial charge in [-0.1, -0.05) is 36.4 Å². The van der Waals surface area contributed by atoms with Gasteiger partial charge >= 0.3 is 0 Å². The van der Waals surface area contributed by atoms with Crippen molar-refractivity contribution in [1.29, 1.82) is 0 Å². The second-order valence-corrected chi connectivity index (χ2v) is 9.92. The van der Waals surface area contributed by atoms with Crippen LogP contribution in [0.5, 0.6) is 0 Å². The molecule has 0 aliphatic carbocycles. The third-order valence-corrected chi connectivity index (χ3v) is 7.82. The third-order valence-electron chi connectivity index (χ3n) is 5.95. The molecule has 5 rings (SSSR count). The van der Waals surface area contributed by atoms with Gasteiger partial charge in [0, 0.05) is 29.3 Å². The number of rotatable bonds is 2. The van der Waals surface area contributed by atoms with Crippen LogP contribution in [0.15, 0.2) is 82.7 Å². The van der Waals surface area contributed by atoms with Crippen LogP contribution in [-0.2, 0) is 21.7 Å². The first-order valence-electron chi connectivity index (χ1n) is 9.56. The number of hydrogen-bond donors (Lipinski definition) is 0. The molecular formula is C24H20NO3S+. The number of para-hydroxylation sites is 1. The number of Topliss-reactive ketones (excluding diaryl/α,β-unsaturated/α-hetero) is 1. The van der Waals surface area contributed by atoms with E-state index in [-0.39, 0.29) is 20.8 Å². The second kappa shape index (κ2) is 5.97. The topological polar surface area (TPSA) is 55.1 Å². The van der Waals surface area contributed by atoms with Gasteiger partial charge in [0.25, 0.3) is 0 Å². The zero-order chi connectivity index (χ0) is 20.4. The van der Waals surface area contributed by atoms with E-state index in [0.717, 1.165) is 11.3 Å². The average Bonchev–Trinajstić information content (AvgIpc) is 3.06. The Hall–Kier alpha value is -3.05. The fraction of sp³-hybridized carbons (Fsp3) is 0.167. The van der Waals surface area contributed by atoms with Crippen molar-refractivity contribution in [2.75, 3.05) is 0 Å². The maximum Gasteiger partial charge on any atom is 0.215 e. The summed E-state index contributed by atoms with van der Waals surface area (Å²) in [6.45, 7) is 4.38. The van der Waals surface area contributed by atoms with Crippen LogP contribution in [0.1, 0.15) is 41.0 Å². The van der Waals surface area contributed by atoms with Crippen LogP contribution < -0.4 is 4.57 Å². The predicted molar refractivity (Wildman–Crippen MR) is 110 cm³/mol. The molecule has 2 aliphatic rings. The van der Waals surface area contributed by atoms with Crippen molar-refractivity contribution in [2.45, 2.75) is 30.6 Å². The number of carbonyl (C=O) groups is 1. The Morgan fingerprint density at radius 2 is 1.72 bits per heavy atom. The lowest BCUT2D eigenvalue weighted by atomic mass is 9.83. The Balaban J connectivity index is 1.53. The zero-order valence-electron chi connectivity index (χ0n) is 16.2. The summed E-state index contributed by atoms with van der Waals surface area (Å²) in [7, 11) is -3.74. The fourth-order valence-corrected chi connectivity index (χ4v) is 5.99. The Labute approximate surface area is 170 Å². The smallest absolute Gasteiger partial charge is 0.215 e. The van der Waals surface area contributed by atoms with Crippen LogP contribution in [-0.4, -0.2) is 14.2 Å². The minimum Gasteiger partial charge on any atom is -0.288 e. The molecule has 0 bridgehead atoms. The number of ketones is 1. The van der Waals surface area contributed by atoms with E-state index in [1.165, 1.54) is 17.3 Å². The van der Waals surface area contributed by atoms with E-state index in [0.29, 0.717) is 6.42 Å². The molecule has 0 unspecified atom stereocenters. The van der Waals surface area contributed by atoms with Gasteiger partial charge in [0.05, 0.1) is 10.3 Å². The van der Waals surface area contributed by atoms with E-state index in [9.17, 15) is 13.2 Å². The van der Waals surface area contributed by atoms with E-state index >= 15 is 0 Å². The third kappa shape index (κ3) is 2.47. The van der Waals surface area contributed by atoms with Crippen LogP contribution in [0, 0.1) is 0 Å². The molecule has 3 aromatic rings. The molecule has 5 heteroatoms. The molecule has 0 radical (unpaired) electrons. The molecule has 0 fully saturated rings. The molecule has 3 heterocycles. The molecule has 0 saturated carbocycles. The van der Waals surface area contributed by atoms with E-state index < -0.39 is 15.6 Å². The van der Waals surface area contributed by atoms with Gasteiger partial charge in [-0.3, -0.25) is 4.79 Å². The molecule has 0 atom stereocenters. The molecule has 1 aromatic heterocycles. The van der Waals surface area contributed by atoms with Gasteiger partial charge in [-0.25, -0.2) is 8.42 Å². The highest BCUT2D eigenvalue weighted by Gasteiger charge is 2.43. The average molecular weight is 402 g/mol. The Morgan fingerprint density at radius 3 is 2.52 bits per heavy atom. The number of benzene rings is 2. The van der Waals surface area contributed by atoms with Crippen molar-refractivity contribution in [3.8, 4) is 5.69 Å². The predicted octanol–water partition coefficient (Wildman–Crippen LogP) is 3.70. The van der Waals surface area contributed by atoms with Gasteiger partial charge in [-0.2, -0.15) is 4.57 Å². The van der Waals surface area contributed by atoms with Crippen molar-refractivity contribution in [3.63, 3.8) is 0 Å². The van der Waals surface area contributed by atoms with Gasteiger partial charge in [-0.15, -0.1) is 0 Å². The Bertz CT molecular complexity index is 1330. The molecular weight excluding hydrogens is 382 g/mol. The molecule has 144 valence electrons. The van der Waals surface area contributed by atoms with E-state index in [1.807, 2.05) is 24.4 Å². The molecule has 4 nitrogen and oxygen atoms in total. The number of carbonyl (C=O) groups excluding carboxylic acids is 1. The van der Waals surface area contributed by atoms with Crippen molar-refractivity contribution in [3.05, 3.63) is 100 Å². The van der Waals surface area contributed by atoms with Gasteiger partial charge < -0.3 is 0 Å². The Kier molecular flexibility index (Phi) is 3.71. The standard InChI is InChI=1S/C24H20NO3S/c1-24(2)18-8-4-5-9-19(18)25-14-13-16(15-22(24)25)11-12-21-23(26)17-7-3-6-10-20(17)29(21,27)28/h3-10,12-15H,11H2,1-2H3/q+1. The number of sulfone groups is 1. The SMILES string of the molecule is CC1(C)c2ccccc2-[n+]2ccc(CC=C3C(=O)c4ccccc4S3(=O)=O)cc21. The monoisotopic (exact) mass is 402 g/mol. The van der Waals surface area contributed by atoms with Crippen molar-refractivity contribution in [2.24, 2.45) is 0 Å². The van der Waals surface area contributed by atoms with Gasteiger partial charge in [0.2, 0.25) is 21.3 Å². The summed E-state index contributed by atoms with van der Waals surface area (Å²) in [6, 6.07) is 18.8. The maximum absolute atomic E-state index is 12.8. The lowest BCUT2D eigenvalue weighted by molar-refractivity contribution is -0.599. The summed E-state index contributed by atoms with van der Waals surface area (Å²) in [4.78, 5) is 12.6. The number of fused-ring (bicyclic) bond motifs is 4. The number of nitrogens with zero attached hydrogens (tertiary/aromatic N) is 1. The van der Waals surface area contributed by atoms with Crippen LogP contribution in [0.3, 0.4) is 0 Å². The highest BCUT2D eigenvalue weighted by atomic mass is 32.2. The number of aromatic nitrogens is 1. The van der Waals surface area contributed by atoms with Crippen LogP contribution in [0.4, 0.5) is 0 Å². The summed E-state index contributed by atoms with van der Waals surface area (Å²) >= 11 is 0. The molecule has 0 saturated heterocycles. The first-order valence-corrected chi connectivity index (χ1v) is 11.0. The summed E-state index contributed by atoms with van der Waals surface area (Å²) in [6.07, 6.45) is 3.96. The normalized spacial score (nSPS) is 19.1. The van der Waals surface area contributed by atoms with Crippen LogP contribution >= 0.6 is 0 Å². The lowest BCUT2D eigenvalue weighted by Crippen LogP contribution is -2.34. The van der Waals surface area contributed by atoms with Gasteiger partial charge in [0.1, 0.15) is 4.91 Å². The minimum atomic E-state index is -3.74. The second-order valence-electron chi connectivity index (χ2n) is 8.03. The summed E-state index contributed by atoms with van der Waals surface area (Å²) in [5, 5.41) is 0. The van der Waals surface area contributed by atoms with Crippen molar-refractivity contribution in [1.82, 2.24) is 0 Å². The molecule has 0 amide bonds. The summed E-state index contributed by atoms with van der Waals surface area (Å²) in [5.74, 6) is -0.413. The van der Waals surface area contributed by atoms with Crippen molar-refractivity contribution < 1.29 is 17.8 Å². The fourth-order valence-electron chi connectivity index (χ4n) is 4.39. The quantitative estimate of drug-likeness (QED) is 0.485. The lowest BCUT2D eigenvalue weighted by Gasteiger charge is -2.14. The summed E-state index contributed by atoms with van der Waals surface area (Å²) < 4.78 is 27.7.